The van der Waals surface area contributed by atoms with E-state index in [2.05, 4.69) is 32.7 Å². The number of fused-ring (bicyclic) bond motifs is 2. The summed E-state index contributed by atoms with van der Waals surface area (Å²) >= 11 is 0. The van der Waals surface area contributed by atoms with E-state index in [1.807, 2.05) is 48.8 Å². The Labute approximate surface area is 185 Å². The fraction of sp³-hybridized carbons (Fsp3) is 0.154. The van der Waals surface area contributed by atoms with Gasteiger partial charge in [0.2, 0.25) is 11.6 Å². The summed E-state index contributed by atoms with van der Waals surface area (Å²) in [6.45, 7) is 1.15. The van der Waals surface area contributed by atoms with Crippen LogP contribution in [0.1, 0.15) is 11.1 Å². The van der Waals surface area contributed by atoms with Crippen LogP contribution in [0.25, 0.3) is 21.8 Å². The van der Waals surface area contributed by atoms with E-state index in [-0.39, 0.29) is 11.6 Å². The summed E-state index contributed by atoms with van der Waals surface area (Å²) in [7, 11) is 0. The fourth-order valence-electron chi connectivity index (χ4n) is 4.18. The molecule has 0 aliphatic heterocycles. The lowest BCUT2D eigenvalue weighted by molar-refractivity contribution is -0.115. The van der Waals surface area contributed by atoms with Crippen molar-refractivity contribution in [3.05, 3.63) is 95.6 Å². The van der Waals surface area contributed by atoms with Crippen LogP contribution in [0.3, 0.4) is 0 Å². The molecule has 0 bridgehead atoms. The number of ketones is 2. The topological polar surface area (TPSA) is 89.8 Å². The lowest BCUT2D eigenvalue weighted by atomic mass is 10.1. The molecule has 6 heteroatoms. The van der Waals surface area contributed by atoms with E-state index in [9.17, 15) is 9.59 Å². The first kappa shape index (κ1) is 19.9. The number of hydrogen-bond acceptors (Lipinski definition) is 4. The van der Waals surface area contributed by atoms with Gasteiger partial charge in [0.25, 0.3) is 0 Å². The zero-order chi connectivity index (χ0) is 21.9. The van der Waals surface area contributed by atoms with Crippen molar-refractivity contribution in [2.24, 2.45) is 0 Å². The number of para-hydroxylation sites is 2. The van der Waals surface area contributed by atoms with Crippen LogP contribution in [0.2, 0.25) is 0 Å². The second kappa shape index (κ2) is 8.59. The van der Waals surface area contributed by atoms with Crippen LogP contribution in [-0.4, -0.2) is 34.6 Å². The highest BCUT2D eigenvalue weighted by Gasteiger charge is 2.20. The molecule has 5 rings (SSSR count). The van der Waals surface area contributed by atoms with E-state index in [4.69, 9.17) is 0 Å². The lowest BCUT2D eigenvalue weighted by Crippen LogP contribution is -2.31. The van der Waals surface area contributed by atoms with E-state index in [0.717, 1.165) is 23.9 Å². The van der Waals surface area contributed by atoms with Gasteiger partial charge in [-0.25, -0.2) is 0 Å². The second-order valence-corrected chi connectivity index (χ2v) is 7.92. The molecule has 0 amide bonds. The van der Waals surface area contributed by atoms with Crippen LogP contribution < -0.4 is 10.6 Å². The van der Waals surface area contributed by atoms with Gasteiger partial charge in [0.15, 0.2) is 0 Å². The highest BCUT2D eigenvalue weighted by molar-refractivity contribution is 6.19. The number of aromatic amines is 2. The number of H-pyrrole nitrogens is 2. The standard InChI is InChI=1S/C26H24N4O2/c31-25-14-24(28-12-10-18-16-30-22-8-4-2-6-20(18)22)26(32)13-23(25)27-11-9-17-15-29-21-7-3-1-5-19(17)21/h1-8,13-16,27-30H,9-12H2. The van der Waals surface area contributed by atoms with Gasteiger partial charge in [-0.1, -0.05) is 36.4 Å². The van der Waals surface area contributed by atoms with E-state index in [0.29, 0.717) is 24.5 Å². The Morgan fingerprint density at radius 2 is 1.06 bits per heavy atom. The summed E-state index contributed by atoms with van der Waals surface area (Å²) in [5, 5.41) is 8.60. The van der Waals surface area contributed by atoms with Crippen LogP contribution in [-0.2, 0) is 22.4 Å². The molecule has 0 fully saturated rings. The van der Waals surface area contributed by atoms with Crippen LogP contribution >= 0.6 is 0 Å². The first-order valence-corrected chi connectivity index (χ1v) is 10.8. The molecule has 2 aromatic carbocycles. The average Bonchev–Trinajstić information content (AvgIpc) is 3.41. The molecule has 0 radical (unpaired) electrons. The summed E-state index contributed by atoms with van der Waals surface area (Å²) in [6, 6.07) is 16.2. The predicted molar refractivity (Wildman–Crippen MR) is 126 cm³/mol. The molecule has 6 nitrogen and oxygen atoms in total. The minimum absolute atomic E-state index is 0.182. The molecule has 4 aromatic rings. The molecule has 4 N–H and O–H groups in total. The first-order chi connectivity index (χ1) is 15.7. The van der Waals surface area contributed by atoms with Crippen molar-refractivity contribution in [1.82, 2.24) is 20.6 Å². The maximum Gasteiger partial charge on any atom is 0.203 e. The fourth-order valence-corrected chi connectivity index (χ4v) is 4.18. The van der Waals surface area contributed by atoms with Gasteiger partial charge in [-0.15, -0.1) is 0 Å². The number of hydrogen-bond donors (Lipinski definition) is 4. The van der Waals surface area contributed by atoms with Crippen LogP contribution in [0.5, 0.6) is 0 Å². The van der Waals surface area contributed by atoms with Gasteiger partial charge in [0, 0.05) is 59.4 Å². The van der Waals surface area contributed by atoms with Crippen molar-refractivity contribution in [2.75, 3.05) is 13.1 Å². The molecule has 0 saturated heterocycles. The van der Waals surface area contributed by atoms with Crippen LogP contribution in [0.4, 0.5) is 0 Å². The molecule has 2 aromatic heterocycles. The number of allylic oxidation sites excluding steroid dienone is 2. The van der Waals surface area contributed by atoms with Crippen LogP contribution in [0, 0.1) is 0 Å². The first-order valence-electron chi connectivity index (χ1n) is 10.8. The summed E-state index contributed by atoms with van der Waals surface area (Å²) in [6.07, 6.45) is 8.27. The van der Waals surface area contributed by atoms with Gasteiger partial charge in [-0.2, -0.15) is 0 Å². The third-order valence-corrected chi connectivity index (χ3v) is 5.85. The Bertz CT molecular complexity index is 1270. The summed E-state index contributed by atoms with van der Waals surface area (Å²) in [5.74, 6) is -0.365. The van der Waals surface area contributed by atoms with Gasteiger partial charge in [-0.05, 0) is 36.1 Å². The van der Waals surface area contributed by atoms with E-state index < -0.39 is 0 Å². The molecular formula is C26H24N4O2. The largest absolute Gasteiger partial charge is 0.381 e. The molecule has 0 unspecified atom stereocenters. The minimum Gasteiger partial charge on any atom is -0.381 e. The van der Waals surface area contributed by atoms with E-state index in [1.165, 1.54) is 34.1 Å². The van der Waals surface area contributed by atoms with Crippen molar-refractivity contribution in [1.29, 1.82) is 0 Å². The smallest absolute Gasteiger partial charge is 0.203 e. The van der Waals surface area contributed by atoms with E-state index >= 15 is 0 Å². The highest BCUT2D eigenvalue weighted by Crippen LogP contribution is 2.19. The number of benzene rings is 2. The SMILES string of the molecule is O=C1C=C(NCCc2c[nH]c3ccccc23)C(=O)C=C1NCCc1c[nH]c2ccccc12. The van der Waals surface area contributed by atoms with Crippen molar-refractivity contribution < 1.29 is 9.59 Å². The number of carbonyl (C=O) groups is 2. The molecule has 0 spiro atoms. The van der Waals surface area contributed by atoms with Crippen molar-refractivity contribution in [2.45, 2.75) is 12.8 Å². The summed E-state index contributed by atoms with van der Waals surface area (Å²) in [4.78, 5) is 31.5. The summed E-state index contributed by atoms with van der Waals surface area (Å²) in [5.41, 5.74) is 5.24. The lowest BCUT2D eigenvalue weighted by Gasteiger charge is -2.15. The molecule has 32 heavy (non-hydrogen) atoms. The quantitative estimate of drug-likeness (QED) is 0.326. The Morgan fingerprint density at radius 1 is 0.625 bits per heavy atom. The van der Waals surface area contributed by atoms with Gasteiger partial charge in [0.05, 0.1) is 11.4 Å². The number of rotatable bonds is 8. The predicted octanol–water partition coefficient (Wildman–Crippen LogP) is 3.53. The highest BCUT2D eigenvalue weighted by atomic mass is 16.1. The van der Waals surface area contributed by atoms with Gasteiger partial charge in [-0.3, -0.25) is 9.59 Å². The monoisotopic (exact) mass is 424 g/mol. The Kier molecular flexibility index (Phi) is 5.34. The van der Waals surface area contributed by atoms with E-state index in [1.54, 1.807) is 0 Å². The number of nitrogens with one attached hydrogen (secondary N) is 4. The average molecular weight is 425 g/mol. The summed E-state index contributed by atoms with van der Waals surface area (Å²) < 4.78 is 0. The van der Waals surface area contributed by atoms with Crippen molar-refractivity contribution in [3.8, 4) is 0 Å². The molecule has 160 valence electrons. The number of aromatic nitrogens is 2. The van der Waals surface area contributed by atoms with Crippen molar-refractivity contribution in [3.63, 3.8) is 0 Å². The molecule has 2 heterocycles. The molecule has 1 aliphatic rings. The van der Waals surface area contributed by atoms with Gasteiger partial charge < -0.3 is 20.6 Å². The van der Waals surface area contributed by atoms with Gasteiger partial charge in [0.1, 0.15) is 0 Å². The molecule has 0 saturated carbocycles. The Balaban J connectivity index is 1.15. The normalized spacial score (nSPS) is 14.0. The molecular weight excluding hydrogens is 400 g/mol. The minimum atomic E-state index is -0.182. The molecule has 0 atom stereocenters. The van der Waals surface area contributed by atoms with Gasteiger partial charge >= 0.3 is 0 Å². The van der Waals surface area contributed by atoms with Crippen LogP contribution in [0.15, 0.2) is 84.5 Å². The maximum absolute atomic E-state index is 12.5. The molecule has 1 aliphatic carbocycles. The Hall–Kier alpha value is -4.06. The van der Waals surface area contributed by atoms with Crippen molar-refractivity contribution >= 4 is 33.4 Å². The second-order valence-electron chi connectivity index (χ2n) is 7.92. The Morgan fingerprint density at radius 3 is 1.53 bits per heavy atom. The number of carbonyl (C=O) groups excluding carboxylic acids is 2. The third kappa shape index (κ3) is 3.95. The zero-order valence-electron chi connectivity index (χ0n) is 17.6. The third-order valence-electron chi connectivity index (χ3n) is 5.85. The zero-order valence-corrected chi connectivity index (χ0v) is 17.6. The maximum atomic E-state index is 12.5.